The van der Waals surface area contributed by atoms with Crippen LogP contribution in [-0.2, 0) is 0 Å². The molecule has 8 nitrogen and oxygen atoms in total. The van der Waals surface area contributed by atoms with Crippen LogP contribution in [0.3, 0.4) is 0 Å². The van der Waals surface area contributed by atoms with Crippen LogP contribution in [0.4, 0.5) is 5.82 Å². The molecule has 0 spiro atoms. The largest absolute Gasteiger partial charge is 0.438 e. The maximum absolute atomic E-state index is 11.3. The first-order chi connectivity index (χ1) is 11.1. The van der Waals surface area contributed by atoms with Crippen LogP contribution in [0.5, 0.6) is 0 Å². The molecule has 1 aromatic carbocycles. The molecule has 1 fully saturated rings. The van der Waals surface area contributed by atoms with Gasteiger partial charge in [0.2, 0.25) is 0 Å². The summed E-state index contributed by atoms with van der Waals surface area (Å²) in [6, 6.07) is 8.73. The quantitative estimate of drug-likeness (QED) is 0.533. The number of nitro groups is 1. The van der Waals surface area contributed by atoms with Crippen LogP contribution in [0.1, 0.15) is 32.6 Å². The van der Waals surface area contributed by atoms with Gasteiger partial charge in [-0.15, -0.1) is 0 Å². The van der Waals surface area contributed by atoms with Gasteiger partial charge in [-0.2, -0.15) is 0 Å². The Bertz CT molecular complexity index is 765. The molecule has 1 aliphatic carbocycles. The van der Waals surface area contributed by atoms with Crippen LogP contribution in [0.15, 0.2) is 35.3 Å². The monoisotopic (exact) mass is 317 g/mol. The van der Waals surface area contributed by atoms with E-state index in [4.69, 9.17) is 0 Å². The molecule has 1 heterocycles. The van der Waals surface area contributed by atoms with Gasteiger partial charge in [-0.25, -0.2) is 0 Å². The van der Waals surface area contributed by atoms with E-state index in [1.165, 1.54) is 0 Å². The van der Waals surface area contributed by atoms with Crippen molar-refractivity contribution in [2.45, 2.75) is 38.6 Å². The van der Waals surface area contributed by atoms with Gasteiger partial charge in [0.1, 0.15) is 5.69 Å². The zero-order valence-corrected chi connectivity index (χ0v) is 12.9. The Balaban J connectivity index is 2.12. The highest BCUT2D eigenvalue weighted by Crippen LogP contribution is 2.26. The van der Waals surface area contributed by atoms with E-state index in [0.29, 0.717) is 16.5 Å². The number of hydrogen-bond donors (Lipinski definition) is 1. The summed E-state index contributed by atoms with van der Waals surface area (Å²) in [6.07, 6.45) is 4.11. The lowest BCUT2D eigenvalue weighted by Gasteiger charge is -2.24. The van der Waals surface area contributed by atoms with Gasteiger partial charge >= 0.3 is 5.82 Å². The molecular weight excluding hydrogens is 298 g/mol. The third-order valence-corrected chi connectivity index (χ3v) is 4.27. The predicted octanol–water partition coefficient (Wildman–Crippen LogP) is 2.30. The topological polar surface area (TPSA) is 98.5 Å². The molecule has 1 aliphatic rings. The van der Waals surface area contributed by atoms with E-state index in [0.717, 1.165) is 30.5 Å². The molecule has 0 bridgehead atoms. The normalized spacial score (nSPS) is 22.2. The fourth-order valence-electron chi connectivity index (χ4n) is 2.96. The summed E-state index contributed by atoms with van der Waals surface area (Å²) < 4.78 is 0. The Kier molecular flexibility index (Phi) is 4.14. The van der Waals surface area contributed by atoms with E-state index >= 15 is 0 Å². The summed E-state index contributed by atoms with van der Waals surface area (Å²) in [4.78, 5) is 16.9. The van der Waals surface area contributed by atoms with Crippen LogP contribution in [-0.4, -0.2) is 30.9 Å². The predicted molar refractivity (Wildman–Crippen MR) is 82.4 cm³/mol. The molecule has 8 heteroatoms. The van der Waals surface area contributed by atoms with Crippen molar-refractivity contribution >= 4 is 5.82 Å². The highest BCUT2D eigenvalue weighted by atomic mass is 16.6. The van der Waals surface area contributed by atoms with Gasteiger partial charge in [0.05, 0.1) is 11.1 Å². The lowest BCUT2D eigenvalue weighted by atomic mass is 9.86. The molecular formula is C15H19N5O3. The van der Waals surface area contributed by atoms with Gasteiger partial charge in [-0.1, -0.05) is 42.8 Å². The highest BCUT2D eigenvalue weighted by Gasteiger charge is 2.27. The van der Waals surface area contributed by atoms with Crippen molar-refractivity contribution in [3.8, 4) is 5.69 Å². The number of rotatable bonds is 3. The van der Waals surface area contributed by atoms with Crippen molar-refractivity contribution in [1.82, 2.24) is 14.7 Å². The standard InChI is InChI=1S/C15H19N5O3/c1-11-7-5-6-10-13(11)16-14-15(20(22)23)17-18(19(14)21)12-8-3-2-4-9-12/h2-4,8-9,11,13,21H,5-7,10H2,1H3. The van der Waals surface area contributed by atoms with E-state index in [1.54, 1.807) is 24.3 Å². The van der Waals surface area contributed by atoms with E-state index < -0.39 is 10.7 Å². The molecule has 1 aromatic heterocycles. The van der Waals surface area contributed by atoms with Crippen molar-refractivity contribution in [3.63, 3.8) is 0 Å². The van der Waals surface area contributed by atoms with Crippen LogP contribution >= 0.6 is 0 Å². The Morgan fingerprint density at radius 1 is 1.30 bits per heavy atom. The van der Waals surface area contributed by atoms with Gasteiger partial charge in [0.15, 0.2) is 0 Å². The minimum atomic E-state index is -0.613. The number of aromatic nitrogens is 3. The third kappa shape index (κ3) is 2.96. The van der Waals surface area contributed by atoms with Gasteiger partial charge in [-0.05, 0) is 40.6 Å². The summed E-state index contributed by atoms with van der Waals surface area (Å²) in [5, 5.41) is 25.5. The fraction of sp³-hybridized carbons (Fsp3) is 0.467. The summed E-state index contributed by atoms with van der Waals surface area (Å²) in [5.74, 6) is -0.0995. The van der Waals surface area contributed by atoms with Gasteiger partial charge in [-0.3, -0.25) is 4.99 Å². The summed E-state index contributed by atoms with van der Waals surface area (Å²) >= 11 is 0. The smallest absolute Gasteiger partial charge is 0.409 e. The van der Waals surface area contributed by atoms with Crippen LogP contribution in [0, 0.1) is 16.0 Å². The molecule has 0 radical (unpaired) electrons. The minimum Gasteiger partial charge on any atom is -0.409 e. The fourth-order valence-corrected chi connectivity index (χ4v) is 2.96. The average Bonchev–Trinajstić information content (AvgIpc) is 2.88. The zero-order chi connectivity index (χ0) is 16.4. The third-order valence-electron chi connectivity index (χ3n) is 4.27. The van der Waals surface area contributed by atoms with Crippen molar-refractivity contribution < 1.29 is 10.1 Å². The number of para-hydroxylation sites is 1. The second-order valence-corrected chi connectivity index (χ2v) is 5.88. The molecule has 1 saturated carbocycles. The average molecular weight is 317 g/mol. The first-order valence-electron chi connectivity index (χ1n) is 7.73. The molecule has 2 unspecified atom stereocenters. The minimum absolute atomic E-state index is 0.0331. The molecule has 0 aliphatic heterocycles. The first kappa shape index (κ1) is 15.3. The number of benzene rings is 1. The van der Waals surface area contributed by atoms with Crippen LogP contribution in [0.2, 0.25) is 0 Å². The Morgan fingerprint density at radius 3 is 2.65 bits per heavy atom. The van der Waals surface area contributed by atoms with E-state index in [-0.39, 0.29) is 11.5 Å². The first-order valence-corrected chi connectivity index (χ1v) is 7.73. The molecule has 2 aromatic rings. The Hall–Kier alpha value is -2.64. The molecule has 3 rings (SSSR count). The maximum atomic E-state index is 11.3. The van der Waals surface area contributed by atoms with Crippen LogP contribution in [0.25, 0.3) is 5.69 Å². The van der Waals surface area contributed by atoms with Crippen molar-refractivity contribution in [2.75, 3.05) is 0 Å². The number of nitrogens with zero attached hydrogens (tertiary/aromatic N) is 5. The molecule has 23 heavy (non-hydrogen) atoms. The lowest BCUT2D eigenvalue weighted by molar-refractivity contribution is -0.391. The van der Waals surface area contributed by atoms with E-state index in [1.807, 2.05) is 6.07 Å². The van der Waals surface area contributed by atoms with E-state index in [2.05, 4.69) is 17.0 Å². The van der Waals surface area contributed by atoms with Crippen molar-refractivity contribution in [2.24, 2.45) is 10.9 Å². The molecule has 1 N–H and O–H groups in total. The molecule has 122 valence electrons. The summed E-state index contributed by atoms with van der Waals surface area (Å²) in [7, 11) is 0. The van der Waals surface area contributed by atoms with Crippen molar-refractivity contribution in [3.05, 3.63) is 45.9 Å². The van der Waals surface area contributed by atoms with Gasteiger partial charge < -0.3 is 15.3 Å². The Morgan fingerprint density at radius 2 is 2.00 bits per heavy atom. The maximum Gasteiger partial charge on any atom is 0.438 e. The van der Waals surface area contributed by atoms with Crippen LogP contribution < -0.4 is 5.49 Å². The molecule has 0 saturated heterocycles. The second-order valence-electron chi connectivity index (χ2n) is 5.88. The number of hydrogen-bond acceptors (Lipinski definition) is 5. The summed E-state index contributed by atoms with van der Waals surface area (Å²) in [5.41, 5.74) is 0.425. The lowest BCUT2D eigenvalue weighted by Crippen LogP contribution is -2.28. The van der Waals surface area contributed by atoms with E-state index in [9.17, 15) is 15.3 Å². The van der Waals surface area contributed by atoms with Crippen molar-refractivity contribution in [1.29, 1.82) is 0 Å². The van der Waals surface area contributed by atoms with Gasteiger partial charge in [0, 0.05) is 0 Å². The summed E-state index contributed by atoms with van der Waals surface area (Å²) in [6.45, 7) is 2.09. The molecule has 2 atom stereocenters. The molecule has 0 amide bonds. The highest BCUT2D eigenvalue weighted by molar-refractivity contribution is 5.29. The SMILES string of the molecule is CC1CCCCC1N=c1c([N+](=O)[O-])nn(-c2ccccc2)n1O. The zero-order valence-electron chi connectivity index (χ0n) is 12.9. The second kappa shape index (κ2) is 6.23. The van der Waals surface area contributed by atoms with Gasteiger partial charge in [0.25, 0.3) is 5.49 Å². The Labute approximate surface area is 132 Å².